The van der Waals surface area contributed by atoms with Crippen LogP contribution in [0.25, 0.3) is 11.3 Å². The Hall–Kier alpha value is -2.43. The lowest BCUT2D eigenvalue weighted by Gasteiger charge is -2.09. The van der Waals surface area contributed by atoms with E-state index < -0.39 is 12.0 Å². The highest BCUT2D eigenvalue weighted by Gasteiger charge is 2.11. The van der Waals surface area contributed by atoms with Crippen molar-refractivity contribution in [2.45, 2.75) is 19.9 Å². The van der Waals surface area contributed by atoms with Crippen LogP contribution in [0.1, 0.15) is 12.5 Å². The zero-order valence-corrected chi connectivity index (χ0v) is 10.8. The zero-order valence-electron chi connectivity index (χ0n) is 10.8. The Morgan fingerprint density at radius 2 is 1.84 bits per heavy atom. The summed E-state index contributed by atoms with van der Waals surface area (Å²) in [6, 6.07) is 10.8. The minimum absolute atomic E-state index is 0.450. The third kappa shape index (κ3) is 3.28. The molecule has 2 N–H and O–H groups in total. The molecule has 2 aromatic rings. The van der Waals surface area contributed by atoms with Crippen molar-refractivity contribution in [1.82, 2.24) is 10.2 Å². The first-order chi connectivity index (χ1) is 9.06. The summed E-state index contributed by atoms with van der Waals surface area (Å²) in [6.07, 6.45) is 0. The molecule has 0 bridgehead atoms. The van der Waals surface area contributed by atoms with Crippen molar-refractivity contribution in [3.8, 4) is 11.3 Å². The average Bonchev–Trinajstić information content (AvgIpc) is 2.40. The summed E-state index contributed by atoms with van der Waals surface area (Å²) in [5.74, 6) is -0.477. The van der Waals surface area contributed by atoms with Crippen LogP contribution in [0.5, 0.6) is 0 Å². The third-order valence-electron chi connectivity index (χ3n) is 2.75. The van der Waals surface area contributed by atoms with E-state index in [9.17, 15) is 4.79 Å². The number of aliphatic carboxylic acids is 1. The smallest absolute Gasteiger partial charge is 0.325 e. The molecule has 0 amide bonds. The van der Waals surface area contributed by atoms with Gasteiger partial charge in [0.2, 0.25) is 0 Å². The Bertz CT molecular complexity index is 564. The maximum atomic E-state index is 10.7. The molecule has 1 unspecified atom stereocenters. The fourth-order valence-corrected chi connectivity index (χ4v) is 1.57. The predicted octanol–water partition coefficient (Wildman–Crippen LogP) is 2.34. The molecule has 1 aromatic carbocycles. The summed E-state index contributed by atoms with van der Waals surface area (Å²) < 4.78 is 0. The summed E-state index contributed by atoms with van der Waals surface area (Å²) in [5, 5.41) is 19.6. The van der Waals surface area contributed by atoms with E-state index in [0.717, 1.165) is 11.3 Å². The molecule has 0 aliphatic heterocycles. The lowest BCUT2D eigenvalue weighted by molar-refractivity contribution is -0.137. The topological polar surface area (TPSA) is 75.1 Å². The quantitative estimate of drug-likeness (QED) is 0.879. The van der Waals surface area contributed by atoms with Crippen molar-refractivity contribution in [3.05, 3.63) is 42.0 Å². The largest absolute Gasteiger partial charge is 0.480 e. The van der Waals surface area contributed by atoms with Crippen molar-refractivity contribution >= 4 is 11.8 Å². The van der Waals surface area contributed by atoms with E-state index in [1.165, 1.54) is 5.56 Å². The second-order valence-corrected chi connectivity index (χ2v) is 4.37. The first kappa shape index (κ1) is 13.0. The van der Waals surface area contributed by atoms with Crippen LogP contribution in [0.4, 0.5) is 5.82 Å². The summed E-state index contributed by atoms with van der Waals surface area (Å²) in [7, 11) is 0. The fourth-order valence-electron chi connectivity index (χ4n) is 1.57. The highest BCUT2D eigenvalue weighted by atomic mass is 16.4. The number of benzene rings is 1. The van der Waals surface area contributed by atoms with E-state index in [4.69, 9.17) is 5.11 Å². The molecule has 0 fully saturated rings. The lowest BCUT2D eigenvalue weighted by Crippen LogP contribution is -2.25. The van der Waals surface area contributed by atoms with Crippen LogP contribution in [0.2, 0.25) is 0 Å². The van der Waals surface area contributed by atoms with Gasteiger partial charge in [-0.2, -0.15) is 0 Å². The Kier molecular flexibility index (Phi) is 3.75. The van der Waals surface area contributed by atoms with Crippen molar-refractivity contribution in [2.75, 3.05) is 5.32 Å². The van der Waals surface area contributed by atoms with Crippen LogP contribution in [-0.2, 0) is 4.79 Å². The van der Waals surface area contributed by atoms with E-state index in [2.05, 4.69) is 15.5 Å². The van der Waals surface area contributed by atoms with Crippen molar-refractivity contribution in [3.63, 3.8) is 0 Å². The van der Waals surface area contributed by atoms with Crippen molar-refractivity contribution < 1.29 is 9.90 Å². The van der Waals surface area contributed by atoms with E-state index in [0.29, 0.717) is 5.82 Å². The van der Waals surface area contributed by atoms with Crippen molar-refractivity contribution in [1.29, 1.82) is 0 Å². The van der Waals surface area contributed by atoms with Gasteiger partial charge in [0.15, 0.2) is 0 Å². The molecule has 0 saturated heterocycles. The molecular weight excluding hydrogens is 242 g/mol. The number of hydrogen-bond acceptors (Lipinski definition) is 4. The first-order valence-corrected chi connectivity index (χ1v) is 5.96. The molecule has 5 heteroatoms. The molecule has 19 heavy (non-hydrogen) atoms. The molecule has 1 atom stereocenters. The first-order valence-electron chi connectivity index (χ1n) is 5.96. The standard InChI is InChI=1S/C14H15N3O2/c1-9-3-5-11(6-4-9)12-7-8-13(17-16-12)15-10(2)14(18)19/h3-8,10H,1-2H3,(H,15,17)(H,18,19). The molecule has 0 aliphatic carbocycles. The minimum Gasteiger partial charge on any atom is -0.480 e. The molecule has 0 saturated carbocycles. The maximum Gasteiger partial charge on any atom is 0.325 e. The minimum atomic E-state index is -0.926. The SMILES string of the molecule is Cc1ccc(-c2ccc(NC(C)C(=O)O)nn2)cc1. The van der Waals surface area contributed by atoms with E-state index >= 15 is 0 Å². The predicted molar refractivity (Wildman–Crippen MR) is 72.9 cm³/mol. The van der Waals surface area contributed by atoms with Crippen LogP contribution in [0, 0.1) is 6.92 Å². The van der Waals surface area contributed by atoms with Crippen LogP contribution >= 0.6 is 0 Å². The monoisotopic (exact) mass is 257 g/mol. The number of hydrogen-bond donors (Lipinski definition) is 2. The van der Waals surface area contributed by atoms with Gasteiger partial charge in [0.25, 0.3) is 0 Å². The molecule has 98 valence electrons. The summed E-state index contributed by atoms with van der Waals surface area (Å²) in [6.45, 7) is 3.58. The number of nitrogens with one attached hydrogen (secondary N) is 1. The van der Waals surface area contributed by atoms with Gasteiger partial charge in [-0.1, -0.05) is 29.8 Å². The number of carboxylic acid groups (broad SMARTS) is 1. The summed E-state index contributed by atoms with van der Waals surface area (Å²) in [4.78, 5) is 10.7. The third-order valence-corrected chi connectivity index (χ3v) is 2.75. The Morgan fingerprint density at radius 3 is 2.37 bits per heavy atom. The molecule has 1 heterocycles. The van der Waals surface area contributed by atoms with Gasteiger partial charge in [-0.3, -0.25) is 4.79 Å². The second kappa shape index (κ2) is 5.48. The van der Waals surface area contributed by atoms with Gasteiger partial charge >= 0.3 is 5.97 Å². The number of rotatable bonds is 4. The molecule has 0 aliphatic rings. The van der Waals surface area contributed by atoms with Gasteiger partial charge in [0.1, 0.15) is 11.9 Å². The molecule has 5 nitrogen and oxygen atoms in total. The number of aromatic nitrogens is 2. The van der Waals surface area contributed by atoms with E-state index in [1.54, 1.807) is 13.0 Å². The summed E-state index contributed by atoms with van der Waals surface area (Å²) in [5.41, 5.74) is 2.93. The second-order valence-electron chi connectivity index (χ2n) is 4.37. The Balaban J connectivity index is 2.14. The maximum absolute atomic E-state index is 10.7. The highest BCUT2D eigenvalue weighted by molar-refractivity contribution is 5.76. The average molecular weight is 257 g/mol. The molecular formula is C14H15N3O2. The number of anilines is 1. The van der Waals surface area contributed by atoms with Crippen molar-refractivity contribution in [2.24, 2.45) is 0 Å². The summed E-state index contributed by atoms with van der Waals surface area (Å²) >= 11 is 0. The van der Waals surface area contributed by atoms with E-state index in [1.807, 2.05) is 37.3 Å². The number of aryl methyl sites for hydroxylation is 1. The highest BCUT2D eigenvalue weighted by Crippen LogP contribution is 2.17. The van der Waals surface area contributed by atoms with Crippen LogP contribution < -0.4 is 5.32 Å². The molecule has 2 rings (SSSR count). The molecule has 0 spiro atoms. The zero-order chi connectivity index (χ0) is 13.8. The molecule has 1 aromatic heterocycles. The number of carbonyl (C=O) groups is 1. The Morgan fingerprint density at radius 1 is 1.16 bits per heavy atom. The van der Waals surface area contributed by atoms with Gasteiger partial charge in [-0.25, -0.2) is 0 Å². The van der Waals surface area contributed by atoms with Gasteiger partial charge in [0, 0.05) is 5.56 Å². The van der Waals surface area contributed by atoms with Gasteiger partial charge < -0.3 is 10.4 Å². The Labute approximate surface area is 111 Å². The van der Waals surface area contributed by atoms with Gasteiger partial charge in [0.05, 0.1) is 5.69 Å². The fraction of sp³-hybridized carbons (Fsp3) is 0.214. The van der Waals surface area contributed by atoms with E-state index in [-0.39, 0.29) is 0 Å². The number of nitrogens with zero attached hydrogens (tertiary/aromatic N) is 2. The van der Waals surface area contributed by atoms with Crippen LogP contribution in [-0.4, -0.2) is 27.3 Å². The lowest BCUT2D eigenvalue weighted by atomic mass is 10.1. The molecule has 0 radical (unpaired) electrons. The normalized spacial score (nSPS) is 11.9. The van der Waals surface area contributed by atoms with Crippen LogP contribution in [0.3, 0.4) is 0 Å². The van der Waals surface area contributed by atoms with Gasteiger partial charge in [-0.05, 0) is 26.0 Å². The van der Waals surface area contributed by atoms with Crippen LogP contribution in [0.15, 0.2) is 36.4 Å². The number of carboxylic acids is 1. The van der Waals surface area contributed by atoms with Gasteiger partial charge in [-0.15, -0.1) is 10.2 Å².